The van der Waals surface area contributed by atoms with Crippen LogP contribution in [0.1, 0.15) is 89.7 Å². The highest BCUT2D eigenvalue weighted by atomic mass is 32.2. The summed E-state index contributed by atoms with van der Waals surface area (Å²) in [4.78, 5) is 32.1. The molecule has 0 aromatic heterocycles. The first-order valence-electron chi connectivity index (χ1n) is 22.3. The molecule has 338 valence electrons. The van der Waals surface area contributed by atoms with Gasteiger partial charge in [-0.3, -0.25) is 9.35 Å². The lowest BCUT2D eigenvalue weighted by Crippen LogP contribution is -2.40. The predicted octanol–water partition coefficient (Wildman–Crippen LogP) is 12.3. The van der Waals surface area contributed by atoms with Crippen LogP contribution in [0.2, 0.25) is 0 Å². The maximum atomic E-state index is 13.6. The third-order valence-corrected chi connectivity index (χ3v) is 16.3. The fourth-order valence-corrected chi connectivity index (χ4v) is 12.3. The molecule has 2 atom stereocenters. The minimum atomic E-state index is -4.38. The quantitative estimate of drug-likeness (QED) is 0.0977. The number of carbonyl (C=O) groups excluding carboxylic acids is 1. The van der Waals surface area contributed by atoms with Gasteiger partial charge < -0.3 is 19.6 Å². The first-order valence-corrected chi connectivity index (χ1v) is 24.5. The molecule has 3 aliphatic rings. The number of thioether (sulfide) groups is 1. The zero-order chi connectivity index (χ0) is 46.8. The van der Waals surface area contributed by atoms with E-state index in [4.69, 9.17) is 4.74 Å². The summed E-state index contributed by atoms with van der Waals surface area (Å²) in [6, 6.07) is 28.8. The molecule has 2 unspecified atom stereocenters. The van der Waals surface area contributed by atoms with Gasteiger partial charge in [0.1, 0.15) is 0 Å². The van der Waals surface area contributed by atoms with Crippen molar-refractivity contribution in [3.05, 3.63) is 154 Å². The van der Waals surface area contributed by atoms with Gasteiger partial charge in [0.2, 0.25) is 0 Å². The van der Waals surface area contributed by atoms with E-state index in [1.54, 1.807) is 30.0 Å². The topological polar surface area (TPSA) is 124 Å². The van der Waals surface area contributed by atoms with Crippen molar-refractivity contribution in [2.75, 3.05) is 30.0 Å². The smallest absolute Gasteiger partial charge is 0.335 e. The Bertz CT molecular complexity index is 2990. The van der Waals surface area contributed by atoms with Crippen molar-refractivity contribution in [1.82, 2.24) is 0 Å². The normalized spacial score (nSPS) is 20.6. The van der Waals surface area contributed by atoms with E-state index in [-0.39, 0.29) is 33.8 Å². The Morgan fingerprint density at radius 1 is 0.846 bits per heavy atom. The molecule has 0 amide bonds. The van der Waals surface area contributed by atoms with Crippen LogP contribution < -0.4 is 9.80 Å². The molecular weight excluding hydrogens is 853 g/mol. The number of esters is 1. The average molecular weight is 911 g/mol. The Hall–Kier alpha value is -5.62. The van der Waals surface area contributed by atoms with Crippen LogP contribution in [0.4, 0.5) is 11.4 Å². The van der Waals surface area contributed by atoms with Gasteiger partial charge >= 0.3 is 11.9 Å². The molecule has 0 saturated heterocycles. The van der Waals surface area contributed by atoms with Crippen molar-refractivity contribution >= 4 is 66.7 Å². The number of nitrogens with zero attached hydrogens (tertiary/aromatic N) is 2. The highest BCUT2D eigenvalue weighted by Gasteiger charge is 2.45. The highest BCUT2D eigenvalue weighted by molar-refractivity contribution is 8.03. The molecule has 8 rings (SSSR count). The van der Waals surface area contributed by atoms with Crippen molar-refractivity contribution in [1.29, 1.82) is 0 Å². The summed E-state index contributed by atoms with van der Waals surface area (Å²) < 4.78 is 39.5. The molecule has 0 fully saturated rings. The molecule has 65 heavy (non-hydrogen) atoms. The molecule has 5 aromatic rings. The third-order valence-electron chi connectivity index (χ3n) is 14.2. The number of hydrogen-bond donors (Lipinski definition) is 2. The number of allylic oxidation sites excluding steroid dienone is 6. The number of carboxylic acid groups (broad SMARTS) is 1. The van der Waals surface area contributed by atoms with Crippen LogP contribution in [-0.2, 0) is 30.5 Å². The van der Waals surface area contributed by atoms with Crippen LogP contribution in [0, 0.1) is 11.3 Å². The number of aromatic carboxylic acids is 1. The fraction of sp³-hybridized carbons (Fsp3) is 0.333. The second-order valence-corrected chi connectivity index (χ2v) is 21.5. The summed E-state index contributed by atoms with van der Waals surface area (Å²) in [5.74, 6) is -1.37. The first-order chi connectivity index (χ1) is 30.7. The van der Waals surface area contributed by atoms with E-state index >= 15 is 0 Å². The first kappa shape index (κ1) is 45.9. The van der Waals surface area contributed by atoms with Crippen molar-refractivity contribution < 1.29 is 32.4 Å². The number of likely N-dealkylation sites (N-methyl/N-ethyl adjacent to an activating group) is 2. The van der Waals surface area contributed by atoms with Crippen molar-refractivity contribution in [3.63, 3.8) is 0 Å². The summed E-state index contributed by atoms with van der Waals surface area (Å²) in [7, 11) is -2.94. The number of hydrogen-bond acceptors (Lipinski definition) is 8. The molecule has 0 spiro atoms. The number of carbonyl (C=O) groups is 2. The minimum absolute atomic E-state index is 0.0322. The van der Waals surface area contributed by atoms with E-state index in [1.165, 1.54) is 41.3 Å². The molecule has 2 heterocycles. The Kier molecular flexibility index (Phi) is 12.0. The molecule has 0 bridgehead atoms. The standard InChI is InChI=1S/C54H58N2O7S2/c1-10-55-43-26-18-33-14-12-13-15-41(33)47(43)53(5,6)45(55)28-20-36-30-38(52(3,4)51(59)63-9)31-37(49(36)64-39-22-16-34(17-23-39)50(57)58)21-29-46-54(7,8)48-42-25-24-40(65(60,61)62)32-35(42)19-27-44(48)56(46)11-2/h12-29,32,38,45H,10-11,30-31H2,1-9H3,(H,57,58)(H,60,61,62)/b28-20+,37-21+,46-29+. The number of methoxy groups -OCH3 is 1. The zero-order valence-corrected chi connectivity index (χ0v) is 40.2. The second-order valence-electron chi connectivity index (χ2n) is 19.0. The lowest BCUT2D eigenvalue weighted by atomic mass is 9.69. The van der Waals surface area contributed by atoms with Crippen LogP contribution in [0.3, 0.4) is 0 Å². The van der Waals surface area contributed by atoms with E-state index in [0.717, 1.165) is 55.2 Å². The largest absolute Gasteiger partial charge is 0.478 e. The van der Waals surface area contributed by atoms with Crippen LogP contribution in [0.25, 0.3) is 21.5 Å². The molecule has 9 nitrogen and oxygen atoms in total. The number of anilines is 2. The monoisotopic (exact) mass is 910 g/mol. The molecule has 2 aliphatic heterocycles. The van der Waals surface area contributed by atoms with Crippen LogP contribution >= 0.6 is 11.8 Å². The van der Waals surface area contributed by atoms with Gasteiger partial charge in [-0.2, -0.15) is 8.42 Å². The Morgan fingerprint density at radius 3 is 2.18 bits per heavy atom. The second kappa shape index (κ2) is 17.0. The lowest BCUT2D eigenvalue weighted by molar-refractivity contribution is -0.154. The lowest BCUT2D eigenvalue weighted by Gasteiger charge is -2.37. The molecule has 11 heteroatoms. The molecular formula is C54H58N2O7S2. The number of ether oxygens (including phenoxy) is 1. The van der Waals surface area contributed by atoms with Crippen molar-refractivity contribution in [3.8, 4) is 0 Å². The molecule has 2 N–H and O–H groups in total. The Labute approximate surface area is 387 Å². The van der Waals surface area contributed by atoms with E-state index in [2.05, 4.69) is 112 Å². The van der Waals surface area contributed by atoms with Gasteiger partial charge in [0.05, 0.1) is 29.0 Å². The molecule has 1 aliphatic carbocycles. The maximum Gasteiger partial charge on any atom is 0.335 e. The van der Waals surface area contributed by atoms with E-state index < -0.39 is 26.9 Å². The third kappa shape index (κ3) is 7.99. The molecule has 5 aromatic carbocycles. The van der Waals surface area contributed by atoms with Crippen molar-refractivity contribution in [2.24, 2.45) is 11.3 Å². The van der Waals surface area contributed by atoms with Crippen LogP contribution in [-0.4, -0.2) is 56.3 Å². The molecule has 0 radical (unpaired) electrons. The van der Waals surface area contributed by atoms with Crippen LogP contribution in [0.5, 0.6) is 0 Å². The minimum Gasteiger partial charge on any atom is -0.478 e. The summed E-state index contributed by atoms with van der Waals surface area (Å²) >= 11 is 1.61. The number of fused-ring (bicyclic) bond motifs is 6. The SMILES string of the molecule is CCN1/C(=C/C=C2\CC(C(C)(C)C(=O)OC)CC(/C=C/C3N(CC)c4ccc5ccccc5c4C3(C)C)=C2Sc2ccc(C(=O)O)cc2)C(C)(C)c2c1ccc1cc(S(=O)(=O)O)ccc21. The van der Waals surface area contributed by atoms with Gasteiger partial charge in [-0.15, -0.1) is 0 Å². The van der Waals surface area contributed by atoms with E-state index in [0.29, 0.717) is 19.4 Å². The summed E-state index contributed by atoms with van der Waals surface area (Å²) in [6.45, 7) is 18.8. The van der Waals surface area contributed by atoms with Gasteiger partial charge in [-0.1, -0.05) is 100 Å². The van der Waals surface area contributed by atoms with Gasteiger partial charge in [0.25, 0.3) is 10.1 Å². The number of benzene rings is 5. The van der Waals surface area contributed by atoms with Gasteiger partial charge in [-0.05, 0) is 145 Å². The number of carboxylic acids is 1. The average Bonchev–Trinajstić information content (AvgIpc) is 3.65. The Balaban J connectivity index is 1.30. The van der Waals surface area contributed by atoms with E-state index in [1.807, 2.05) is 38.1 Å². The van der Waals surface area contributed by atoms with Gasteiger partial charge in [0, 0.05) is 50.8 Å². The Morgan fingerprint density at radius 2 is 1.52 bits per heavy atom. The van der Waals surface area contributed by atoms with Gasteiger partial charge in [-0.25, -0.2) is 4.79 Å². The van der Waals surface area contributed by atoms with E-state index in [9.17, 15) is 27.7 Å². The number of rotatable bonds is 11. The zero-order valence-electron chi connectivity index (χ0n) is 38.6. The maximum absolute atomic E-state index is 13.6. The predicted molar refractivity (Wildman–Crippen MR) is 264 cm³/mol. The molecule has 0 saturated carbocycles. The highest BCUT2D eigenvalue weighted by Crippen LogP contribution is 2.54. The van der Waals surface area contributed by atoms with Gasteiger partial charge in [0.15, 0.2) is 0 Å². The van der Waals surface area contributed by atoms with Crippen molar-refractivity contribution in [2.45, 2.75) is 94.9 Å². The summed E-state index contributed by atoms with van der Waals surface area (Å²) in [5, 5.41) is 13.8. The van der Waals surface area contributed by atoms with Crippen LogP contribution in [0.15, 0.2) is 147 Å². The fourth-order valence-electron chi connectivity index (χ4n) is 10.7. The summed E-state index contributed by atoms with van der Waals surface area (Å²) in [5.41, 5.74) is 6.51. The summed E-state index contributed by atoms with van der Waals surface area (Å²) in [6.07, 6.45) is 10.2.